The first-order chi connectivity index (χ1) is 8.49. The molecule has 0 fully saturated rings. The van der Waals surface area contributed by atoms with Crippen LogP contribution in [-0.4, -0.2) is 33.3 Å². The lowest BCUT2D eigenvalue weighted by Gasteiger charge is -2.17. The maximum atomic E-state index is 12.1. The van der Waals surface area contributed by atoms with Crippen molar-refractivity contribution in [3.8, 4) is 5.75 Å². The number of hydrogen-bond acceptors (Lipinski definition) is 4. The van der Waals surface area contributed by atoms with E-state index in [0.717, 1.165) is 6.42 Å². The summed E-state index contributed by atoms with van der Waals surface area (Å²) in [4.78, 5) is 0.137. The van der Waals surface area contributed by atoms with Crippen molar-refractivity contribution < 1.29 is 18.3 Å². The average molecular weight is 273 g/mol. The average Bonchev–Trinajstić information content (AvgIpc) is 2.29. The number of hydrogen-bond donors (Lipinski definition) is 2. The van der Waals surface area contributed by atoms with E-state index in [2.05, 4.69) is 4.72 Å². The molecule has 0 bridgehead atoms. The second-order valence-corrected chi connectivity index (χ2v) is 5.77. The summed E-state index contributed by atoms with van der Waals surface area (Å²) >= 11 is 0. The minimum atomic E-state index is -3.56. The molecule has 0 heterocycles. The topological polar surface area (TPSA) is 75.6 Å². The summed E-state index contributed by atoms with van der Waals surface area (Å²) in [6.45, 7) is 2.32. The summed E-state index contributed by atoms with van der Waals surface area (Å²) in [5.41, 5.74) is 0. The number of benzene rings is 1. The van der Waals surface area contributed by atoms with Crippen LogP contribution in [0.25, 0.3) is 0 Å². The molecule has 0 spiro atoms. The molecule has 2 N–H and O–H groups in total. The Kier molecular flexibility index (Phi) is 5.58. The molecule has 0 aliphatic carbocycles. The Morgan fingerprint density at radius 3 is 2.44 bits per heavy atom. The van der Waals surface area contributed by atoms with E-state index in [1.807, 2.05) is 6.92 Å². The number of methoxy groups -OCH3 is 1. The van der Waals surface area contributed by atoms with Gasteiger partial charge in [0, 0.05) is 13.2 Å². The summed E-state index contributed by atoms with van der Waals surface area (Å²) in [6.07, 6.45) is 1.58. The maximum Gasteiger partial charge on any atom is 0.240 e. The van der Waals surface area contributed by atoms with Crippen LogP contribution < -0.4 is 4.72 Å². The summed E-state index contributed by atoms with van der Waals surface area (Å²) in [6, 6.07) is 5.19. The highest BCUT2D eigenvalue weighted by Crippen LogP contribution is 2.15. The SMILES string of the molecule is CCCC(COC)NS(=O)(=O)c1ccc(O)cc1. The fourth-order valence-electron chi connectivity index (χ4n) is 1.64. The van der Waals surface area contributed by atoms with Gasteiger partial charge in [0.1, 0.15) is 5.75 Å². The van der Waals surface area contributed by atoms with Crippen LogP contribution in [0.1, 0.15) is 19.8 Å². The smallest absolute Gasteiger partial charge is 0.240 e. The molecular formula is C12H19NO4S. The van der Waals surface area contributed by atoms with Crippen molar-refractivity contribution in [3.05, 3.63) is 24.3 Å². The Morgan fingerprint density at radius 2 is 1.94 bits per heavy atom. The van der Waals surface area contributed by atoms with Crippen molar-refractivity contribution in [3.63, 3.8) is 0 Å². The third-order valence-electron chi connectivity index (χ3n) is 2.47. The monoisotopic (exact) mass is 273 g/mol. The molecule has 1 unspecified atom stereocenters. The van der Waals surface area contributed by atoms with Gasteiger partial charge < -0.3 is 9.84 Å². The molecule has 18 heavy (non-hydrogen) atoms. The Bertz CT molecular complexity index is 449. The molecule has 0 saturated carbocycles. The van der Waals surface area contributed by atoms with Gasteiger partial charge in [-0.3, -0.25) is 0 Å². The van der Waals surface area contributed by atoms with Crippen molar-refractivity contribution in [2.45, 2.75) is 30.7 Å². The van der Waals surface area contributed by atoms with Gasteiger partial charge in [-0.2, -0.15) is 0 Å². The molecule has 1 atom stereocenters. The van der Waals surface area contributed by atoms with Crippen LogP contribution >= 0.6 is 0 Å². The minimum absolute atomic E-state index is 0.0379. The Labute approximate surface area is 108 Å². The van der Waals surface area contributed by atoms with E-state index in [4.69, 9.17) is 9.84 Å². The van der Waals surface area contributed by atoms with Crippen LogP contribution in [0.15, 0.2) is 29.2 Å². The van der Waals surface area contributed by atoms with Gasteiger partial charge in [0.25, 0.3) is 0 Å². The van der Waals surface area contributed by atoms with Crippen LogP contribution in [-0.2, 0) is 14.8 Å². The predicted octanol–water partition coefficient (Wildman–Crippen LogP) is 1.49. The van der Waals surface area contributed by atoms with Crippen LogP contribution in [0.4, 0.5) is 0 Å². The van der Waals surface area contributed by atoms with Gasteiger partial charge in [0.15, 0.2) is 0 Å². The highest BCUT2D eigenvalue weighted by atomic mass is 32.2. The minimum Gasteiger partial charge on any atom is -0.508 e. The number of phenols is 1. The summed E-state index contributed by atoms with van der Waals surface area (Å²) in [5.74, 6) is 0.0379. The molecular weight excluding hydrogens is 254 g/mol. The normalized spacial score (nSPS) is 13.4. The van der Waals surface area contributed by atoms with Crippen LogP contribution in [0.3, 0.4) is 0 Å². The van der Waals surface area contributed by atoms with Crippen molar-refractivity contribution in [2.24, 2.45) is 0 Å². The summed E-state index contributed by atoms with van der Waals surface area (Å²) in [5, 5.41) is 9.14. The highest BCUT2D eigenvalue weighted by molar-refractivity contribution is 7.89. The lowest BCUT2D eigenvalue weighted by atomic mass is 10.2. The Balaban J connectivity index is 2.82. The lowest BCUT2D eigenvalue weighted by Crippen LogP contribution is -2.37. The zero-order valence-corrected chi connectivity index (χ0v) is 11.4. The second kappa shape index (κ2) is 6.72. The van der Waals surface area contributed by atoms with Gasteiger partial charge in [-0.25, -0.2) is 13.1 Å². The number of aromatic hydroxyl groups is 1. The van der Waals surface area contributed by atoms with Gasteiger partial charge in [-0.05, 0) is 30.7 Å². The van der Waals surface area contributed by atoms with Crippen LogP contribution in [0, 0.1) is 0 Å². The number of sulfonamides is 1. The maximum absolute atomic E-state index is 12.1. The number of phenolic OH excluding ortho intramolecular Hbond substituents is 1. The van der Waals surface area contributed by atoms with E-state index in [-0.39, 0.29) is 16.7 Å². The first kappa shape index (κ1) is 14.9. The van der Waals surface area contributed by atoms with E-state index >= 15 is 0 Å². The Hall–Kier alpha value is -1.11. The first-order valence-corrected chi connectivity index (χ1v) is 7.28. The predicted molar refractivity (Wildman–Crippen MR) is 69.0 cm³/mol. The second-order valence-electron chi connectivity index (χ2n) is 4.06. The molecule has 1 aromatic rings. The molecule has 0 radical (unpaired) electrons. The van der Waals surface area contributed by atoms with Gasteiger partial charge in [0.05, 0.1) is 11.5 Å². The lowest BCUT2D eigenvalue weighted by molar-refractivity contribution is 0.171. The van der Waals surface area contributed by atoms with Gasteiger partial charge in [-0.1, -0.05) is 13.3 Å². The van der Waals surface area contributed by atoms with E-state index < -0.39 is 10.0 Å². The first-order valence-electron chi connectivity index (χ1n) is 5.80. The fourth-order valence-corrected chi connectivity index (χ4v) is 2.89. The molecule has 0 aliphatic rings. The molecule has 1 aromatic carbocycles. The third kappa shape index (κ3) is 4.29. The van der Waals surface area contributed by atoms with E-state index in [0.29, 0.717) is 13.0 Å². The van der Waals surface area contributed by atoms with Crippen molar-refractivity contribution in [2.75, 3.05) is 13.7 Å². The van der Waals surface area contributed by atoms with E-state index in [1.165, 1.54) is 31.4 Å². The number of rotatable bonds is 7. The zero-order valence-electron chi connectivity index (χ0n) is 10.6. The van der Waals surface area contributed by atoms with Crippen LogP contribution in [0.2, 0.25) is 0 Å². The molecule has 5 nitrogen and oxygen atoms in total. The molecule has 1 rings (SSSR count). The van der Waals surface area contributed by atoms with Crippen molar-refractivity contribution in [1.82, 2.24) is 4.72 Å². The molecule has 0 aliphatic heterocycles. The molecule has 6 heteroatoms. The number of ether oxygens (including phenoxy) is 1. The molecule has 102 valence electrons. The van der Waals surface area contributed by atoms with Gasteiger partial charge in [-0.15, -0.1) is 0 Å². The quantitative estimate of drug-likeness (QED) is 0.789. The number of nitrogens with one attached hydrogen (secondary N) is 1. The van der Waals surface area contributed by atoms with Gasteiger partial charge >= 0.3 is 0 Å². The zero-order chi connectivity index (χ0) is 13.6. The Morgan fingerprint density at radius 1 is 1.33 bits per heavy atom. The van der Waals surface area contributed by atoms with Crippen LogP contribution in [0.5, 0.6) is 5.75 Å². The fraction of sp³-hybridized carbons (Fsp3) is 0.500. The van der Waals surface area contributed by atoms with E-state index in [1.54, 1.807) is 0 Å². The highest BCUT2D eigenvalue weighted by Gasteiger charge is 2.19. The van der Waals surface area contributed by atoms with E-state index in [9.17, 15) is 8.42 Å². The standard InChI is InChI=1S/C12H19NO4S/c1-3-4-10(9-17-2)13-18(15,16)12-7-5-11(14)6-8-12/h5-8,10,13-14H,3-4,9H2,1-2H3. The summed E-state index contributed by atoms with van der Waals surface area (Å²) in [7, 11) is -2.02. The van der Waals surface area contributed by atoms with Crippen molar-refractivity contribution >= 4 is 10.0 Å². The molecule has 0 amide bonds. The summed E-state index contributed by atoms with van der Waals surface area (Å²) < 4.78 is 31.7. The third-order valence-corrected chi connectivity index (χ3v) is 4.01. The van der Waals surface area contributed by atoms with Crippen molar-refractivity contribution in [1.29, 1.82) is 0 Å². The largest absolute Gasteiger partial charge is 0.508 e. The van der Waals surface area contributed by atoms with Gasteiger partial charge in [0.2, 0.25) is 10.0 Å². The molecule has 0 aromatic heterocycles. The molecule has 0 saturated heterocycles.